The topological polar surface area (TPSA) is 57.8 Å². The van der Waals surface area contributed by atoms with Crippen LogP contribution in [0, 0.1) is 0 Å². The van der Waals surface area contributed by atoms with E-state index in [0.29, 0.717) is 0 Å². The van der Waals surface area contributed by atoms with Gasteiger partial charge < -0.3 is 10.0 Å². The molecule has 5 heteroatoms. The fourth-order valence-corrected chi connectivity index (χ4v) is 3.86. The number of aliphatic carboxylic acids is 1. The zero-order valence-corrected chi connectivity index (χ0v) is 14.3. The molecule has 1 fully saturated rings. The Kier molecular flexibility index (Phi) is 4.30. The van der Waals surface area contributed by atoms with E-state index in [4.69, 9.17) is 5.11 Å². The average molecular weight is 337 g/mol. The maximum absolute atomic E-state index is 11.1. The van der Waals surface area contributed by atoms with Crippen molar-refractivity contribution in [1.82, 2.24) is 14.5 Å². The number of allylic oxidation sites excluding steroid dienone is 3. The van der Waals surface area contributed by atoms with Crippen LogP contribution in [0.1, 0.15) is 43.2 Å². The van der Waals surface area contributed by atoms with Crippen LogP contribution >= 0.6 is 0 Å². The van der Waals surface area contributed by atoms with Crippen LogP contribution in [-0.4, -0.2) is 38.7 Å². The zero-order chi connectivity index (χ0) is 17.2. The molecule has 0 aromatic carbocycles. The number of hydrogen-bond acceptors (Lipinski definition) is 3. The van der Waals surface area contributed by atoms with E-state index in [9.17, 15) is 4.79 Å². The highest BCUT2D eigenvalue weighted by Crippen LogP contribution is 2.33. The largest absolute Gasteiger partial charge is 0.481 e. The van der Waals surface area contributed by atoms with Crippen LogP contribution in [0.2, 0.25) is 0 Å². The Labute approximate surface area is 147 Å². The van der Waals surface area contributed by atoms with Gasteiger partial charge in [0, 0.05) is 36.1 Å². The number of likely N-dealkylation sites (tertiary alicyclic amines) is 1. The summed E-state index contributed by atoms with van der Waals surface area (Å²) in [6.07, 6.45) is 14.3. The Bertz CT molecular complexity index is 857. The van der Waals surface area contributed by atoms with Crippen LogP contribution in [0.5, 0.6) is 0 Å². The number of piperidine rings is 1. The number of fused-ring (bicyclic) bond motifs is 1. The second-order valence-corrected chi connectivity index (χ2v) is 6.82. The van der Waals surface area contributed by atoms with Crippen molar-refractivity contribution in [3.63, 3.8) is 0 Å². The van der Waals surface area contributed by atoms with Crippen LogP contribution < -0.4 is 0 Å². The predicted molar refractivity (Wildman–Crippen MR) is 97.2 cm³/mol. The summed E-state index contributed by atoms with van der Waals surface area (Å²) in [5.74, 6) is -0.828. The first kappa shape index (κ1) is 15.9. The molecule has 25 heavy (non-hydrogen) atoms. The third kappa shape index (κ3) is 3.18. The minimum atomic E-state index is -0.828. The average Bonchev–Trinajstić information content (AvgIpc) is 3.04. The Hall–Kier alpha value is -2.56. The summed E-state index contributed by atoms with van der Waals surface area (Å²) in [6.45, 7) is 2.25. The Balaban J connectivity index is 1.70. The summed E-state index contributed by atoms with van der Waals surface area (Å²) in [4.78, 5) is 13.6. The van der Waals surface area contributed by atoms with E-state index in [1.807, 2.05) is 6.20 Å². The molecule has 2 aliphatic rings. The predicted octanol–water partition coefficient (Wildman–Crippen LogP) is 3.51. The van der Waals surface area contributed by atoms with Crippen LogP contribution in [0.15, 0.2) is 42.4 Å². The van der Waals surface area contributed by atoms with Gasteiger partial charge in [0.1, 0.15) is 0 Å². The molecule has 0 bridgehead atoms. The van der Waals surface area contributed by atoms with Gasteiger partial charge >= 0.3 is 5.97 Å². The summed E-state index contributed by atoms with van der Waals surface area (Å²) in [5.41, 5.74) is 5.41. The van der Waals surface area contributed by atoms with Gasteiger partial charge in [-0.15, -0.1) is 0 Å². The molecule has 130 valence electrons. The quantitative estimate of drug-likeness (QED) is 0.927. The van der Waals surface area contributed by atoms with Crippen LogP contribution in [0.3, 0.4) is 0 Å². The minimum absolute atomic E-state index is 0.000816. The maximum atomic E-state index is 11.1. The summed E-state index contributed by atoms with van der Waals surface area (Å²) >= 11 is 0. The molecular formula is C20H23N3O2. The van der Waals surface area contributed by atoms with E-state index in [-0.39, 0.29) is 6.42 Å². The highest BCUT2D eigenvalue weighted by molar-refractivity contribution is 5.82. The molecule has 4 rings (SSSR count). The lowest BCUT2D eigenvalue weighted by atomic mass is 9.94. The second kappa shape index (κ2) is 6.75. The number of carboxylic acid groups (broad SMARTS) is 1. The van der Waals surface area contributed by atoms with Crippen molar-refractivity contribution in [1.29, 1.82) is 0 Å². The Morgan fingerprint density at radius 2 is 1.96 bits per heavy atom. The molecule has 1 N–H and O–H groups in total. The smallest absolute Gasteiger partial charge is 0.307 e. The summed E-state index contributed by atoms with van der Waals surface area (Å²) < 4.78 is 1.76. The molecule has 1 aliphatic heterocycles. The van der Waals surface area contributed by atoms with Crippen molar-refractivity contribution < 1.29 is 9.90 Å². The molecule has 3 heterocycles. The molecular weight excluding hydrogens is 314 g/mol. The third-order valence-electron chi connectivity index (χ3n) is 5.08. The van der Waals surface area contributed by atoms with E-state index in [0.717, 1.165) is 42.6 Å². The van der Waals surface area contributed by atoms with Gasteiger partial charge in [-0.3, -0.25) is 4.79 Å². The van der Waals surface area contributed by atoms with E-state index < -0.39 is 5.97 Å². The third-order valence-corrected chi connectivity index (χ3v) is 5.08. The standard InChI is InChI=1S/C20H23N3O2/c24-20(25)13-16-14-21-23-11-8-15(12-19(16)23)17-6-2-3-7-18(17)22-9-4-1-5-10-22/h6-8,11-12,14H,1-5,9-10,13H2,(H,24,25). The minimum Gasteiger partial charge on any atom is -0.481 e. The molecule has 0 spiro atoms. The van der Waals surface area contributed by atoms with Gasteiger partial charge in [0.25, 0.3) is 0 Å². The first-order valence-electron chi connectivity index (χ1n) is 9.06. The number of nitrogens with zero attached hydrogens (tertiary/aromatic N) is 3. The number of carbonyl (C=O) groups is 1. The van der Waals surface area contributed by atoms with E-state index in [2.05, 4.69) is 34.3 Å². The summed E-state index contributed by atoms with van der Waals surface area (Å²) in [7, 11) is 0. The Morgan fingerprint density at radius 3 is 2.76 bits per heavy atom. The van der Waals surface area contributed by atoms with Gasteiger partial charge in [0.15, 0.2) is 0 Å². The SMILES string of the molecule is O=C(O)Cc1cnn2ccc(C3=CCCC=C3N3CCCCC3)cc12. The van der Waals surface area contributed by atoms with Gasteiger partial charge in [-0.25, -0.2) is 4.52 Å². The first-order valence-corrected chi connectivity index (χ1v) is 9.06. The lowest BCUT2D eigenvalue weighted by Gasteiger charge is -2.34. The molecule has 2 aromatic rings. The van der Waals surface area contributed by atoms with Gasteiger partial charge in [-0.1, -0.05) is 12.2 Å². The highest BCUT2D eigenvalue weighted by atomic mass is 16.4. The molecule has 1 aliphatic carbocycles. The van der Waals surface area contributed by atoms with Crippen LogP contribution in [-0.2, 0) is 11.2 Å². The van der Waals surface area contributed by atoms with E-state index >= 15 is 0 Å². The van der Waals surface area contributed by atoms with Crippen molar-refractivity contribution in [2.45, 2.75) is 38.5 Å². The van der Waals surface area contributed by atoms with Crippen molar-refractivity contribution in [2.24, 2.45) is 0 Å². The molecule has 0 unspecified atom stereocenters. The normalized spacial score (nSPS) is 18.2. The molecule has 0 radical (unpaired) electrons. The zero-order valence-electron chi connectivity index (χ0n) is 14.3. The second-order valence-electron chi connectivity index (χ2n) is 6.82. The van der Waals surface area contributed by atoms with Crippen molar-refractivity contribution in [3.05, 3.63) is 53.5 Å². The van der Waals surface area contributed by atoms with Gasteiger partial charge in [-0.05, 0) is 49.8 Å². The van der Waals surface area contributed by atoms with Crippen molar-refractivity contribution in [3.8, 4) is 0 Å². The van der Waals surface area contributed by atoms with E-state index in [1.54, 1.807) is 10.7 Å². The monoisotopic (exact) mass is 337 g/mol. The van der Waals surface area contributed by atoms with Gasteiger partial charge in [0.05, 0.1) is 18.1 Å². The first-order chi connectivity index (χ1) is 12.2. The van der Waals surface area contributed by atoms with Crippen molar-refractivity contribution >= 4 is 17.1 Å². The molecule has 1 saturated heterocycles. The van der Waals surface area contributed by atoms with Crippen molar-refractivity contribution in [2.75, 3.05) is 13.1 Å². The summed E-state index contributed by atoms with van der Waals surface area (Å²) in [5, 5.41) is 13.4. The molecule has 5 nitrogen and oxygen atoms in total. The lowest BCUT2D eigenvalue weighted by molar-refractivity contribution is -0.136. The number of aromatic nitrogens is 2. The number of carboxylic acids is 1. The number of pyridine rings is 1. The number of rotatable bonds is 4. The summed E-state index contributed by atoms with van der Waals surface area (Å²) in [6, 6.07) is 4.17. The molecule has 0 amide bonds. The fourth-order valence-electron chi connectivity index (χ4n) is 3.86. The Morgan fingerprint density at radius 1 is 1.16 bits per heavy atom. The lowest BCUT2D eigenvalue weighted by Crippen LogP contribution is -2.30. The number of hydrogen-bond donors (Lipinski definition) is 1. The van der Waals surface area contributed by atoms with Crippen LogP contribution in [0.4, 0.5) is 0 Å². The molecule has 0 atom stereocenters. The molecule has 0 saturated carbocycles. The van der Waals surface area contributed by atoms with E-state index in [1.165, 1.54) is 30.5 Å². The van der Waals surface area contributed by atoms with Gasteiger partial charge in [0.2, 0.25) is 0 Å². The molecule has 2 aromatic heterocycles. The fraction of sp³-hybridized carbons (Fsp3) is 0.400. The highest BCUT2D eigenvalue weighted by Gasteiger charge is 2.20. The van der Waals surface area contributed by atoms with Gasteiger partial charge in [-0.2, -0.15) is 5.10 Å². The maximum Gasteiger partial charge on any atom is 0.307 e. The van der Waals surface area contributed by atoms with Crippen LogP contribution in [0.25, 0.3) is 11.1 Å².